The number of esters is 1. The highest BCUT2D eigenvalue weighted by atomic mass is 35.5. The largest absolute Gasteiger partial charge is 0.465 e. The molecule has 0 aliphatic heterocycles. The van der Waals surface area contributed by atoms with Crippen LogP contribution >= 0.6 is 23.2 Å². The summed E-state index contributed by atoms with van der Waals surface area (Å²) in [4.78, 5) is 35.5. The molecule has 2 aromatic rings. The summed E-state index contributed by atoms with van der Waals surface area (Å²) in [6, 6.07) is 9.04. The fourth-order valence-corrected chi connectivity index (χ4v) is 2.90. The molecule has 8 nitrogen and oxygen atoms in total. The zero-order valence-electron chi connectivity index (χ0n) is 15.0. The Kier molecular flexibility index (Phi) is 7.19. The molecule has 0 bridgehead atoms. The summed E-state index contributed by atoms with van der Waals surface area (Å²) in [6.45, 7) is 2.80. The topological polar surface area (TPSA) is 99.0 Å². The third kappa shape index (κ3) is 4.90. The van der Waals surface area contributed by atoms with Gasteiger partial charge in [0.05, 0.1) is 17.2 Å². The number of nitro groups is 1. The molecule has 0 heterocycles. The average molecular weight is 427 g/mol. The van der Waals surface area contributed by atoms with Crippen LogP contribution < -0.4 is 9.64 Å². The van der Waals surface area contributed by atoms with Gasteiger partial charge in [-0.3, -0.25) is 24.6 Å². The van der Waals surface area contributed by atoms with E-state index in [1.54, 1.807) is 25.1 Å². The van der Waals surface area contributed by atoms with Crippen LogP contribution in [-0.2, 0) is 14.3 Å². The molecule has 0 aliphatic rings. The second kappa shape index (κ2) is 9.38. The van der Waals surface area contributed by atoms with E-state index in [0.717, 1.165) is 0 Å². The molecule has 2 rings (SSSR count). The van der Waals surface area contributed by atoms with E-state index in [1.165, 1.54) is 30.0 Å². The first-order chi connectivity index (χ1) is 13.3. The molecule has 0 N–H and O–H groups in total. The molecule has 0 atom stereocenters. The molecule has 0 aliphatic carbocycles. The molecule has 0 saturated heterocycles. The van der Waals surface area contributed by atoms with Crippen LogP contribution in [0.1, 0.15) is 13.8 Å². The lowest BCUT2D eigenvalue weighted by atomic mass is 10.2. The van der Waals surface area contributed by atoms with Crippen molar-refractivity contribution in [2.45, 2.75) is 13.8 Å². The number of carbonyl (C=O) groups is 2. The van der Waals surface area contributed by atoms with E-state index in [-0.39, 0.29) is 40.4 Å². The van der Waals surface area contributed by atoms with Gasteiger partial charge in [-0.15, -0.1) is 0 Å². The van der Waals surface area contributed by atoms with Gasteiger partial charge in [0.25, 0.3) is 0 Å². The van der Waals surface area contributed by atoms with Crippen molar-refractivity contribution in [1.82, 2.24) is 0 Å². The van der Waals surface area contributed by atoms with Crippen LogP contribution in [0.3, 0.4) is 0 Å². The Morgan fingerprint density at radius 2 is 1.82 bits per heavy atom. The van der Waals surface area contributed by atoms with Crippen LogP contribution in [0.25, 0.3) is 0 Å². The maximum absolute atomic E-state index is 12.1. The predicted molar refractivity (Wildman–Crippen MR) is 104 cm³/mol. The number of rotatable bonds is 7. The summed E-state index contributed by atoms with van der Waals surface area (Å²) in [6.07, 6.45) is 0. The molecular weight excluding hydrogens is 411 g/mol. The summed E-state index contributed by atoms with van der Waals surface area (Å²) >= 11 is 11.9. The Balaban J connectivity index is 2.44. The highest BCUT2D eigenvalue weighted by Gasteiger charge is 2.24. The fourth-order valence-electron chi connectivity index (χ4n) is 2.36. The molecule has 0 spiro atoms. The predicted octanol–water partition coefficient (Wildman–Crippen LogP) is 4.61. The van der Waals surface area contributed by atoms with E-state index >= 15 is 0 Å². The fraction of sp³-hybridized carbons (Fsp3) is 0.222. The second-order valence-electron chi connectivity index (χ2n) is 5.45. The highest BCUT2D eigenvalue weighted by Crippen LogP contribution is 2.42. The quantitative estimate of drug-likeness (QED) is 0.364. The van der Waals surface area contributed by atoms with Crippen LogP contribution in [0.4, 0.5) is 11.4 Å². The van der Waals surface area contributed by atoms with Gasteiger partial charge >= 0.3 is 11.7 Å². The second-order valence-corrected chi connectivity index (χ2v) is 6.23. The number of nitrogens with zero attached hydrogens (tertiary/aromatic N) is 2. The Hall–Kier alpha value is -2.84. The van der Waals surface area contributed by atoms with Gasteiger partial charge in [0.1, 0.15) is 11.6 Å². The number of ether oxygens (including phenoxy) is 2. The monoisotopic (exact) mass is 426 g/mol. The molecule has 0 unspecified atom stereocenters. The zero-order valence-corrected chi connectivity index (χ0v) is 16.5. The number of anilines is 1. The smallest absolute Gasteiger partial charge is 0.326 e. The van der Waals surface area contributed by atoms with Crippen molar-refractivity contribution in [2.75, 3.05) is 18.1 Å². The Morgan fingerprint density at radius 1 is 1.14 bits per heavy atom. The van der Waals surface area contributed by atoms with E-state index in [9.17, 15) is 19.7 Å². The van der Waals surface area contributed by atoms with E-state index in [4.69, 9.17) is 32.7 Å². The molecule has 0 saturated carbocycles. The standard InChI is InChI=1S/C18H16Cl2N2O6/c1-3-27-16(24)10-21(11(2)23)13-6-4-5-7-14(13)28-15-9-8-12(19)18(17(15)20)22(25)26/h4-9H,3,10H2,1-2H3. The summed E-state index contributed by atoms with van der Waals surface area (Å²) < 4.78 is 10.6. The average Bonchev–Trinajstić information content (AvgIpc) is 2.62. The van der Waals surface area contributed by atoms with Gasteiger partial charge in [-0.2, -0.15) is 0 Å². The highest BCUT2D eigenvalue weighted by molar-refractivity contribution is 6.39. The molecule has 10 heteroatoms. The van der Waals surface area contributed by atoms with Gasteiger partial charge in [-0.05, 0) is 31.2 Å². The first-order valence-corrected chi connectivity index (χ1v) is 8.84. The molecular formula is C18H16Cl2N2O6. The van der Waals surface area contributed by atoms with Crippen molar-refractivity contribution in [3.05, 3.63) is 56.6 Å². The normalized spacial score (nSPS) is 10.3. The maximum atomic E-state index is 12.1. The van der Waals surface area contributed by atoms with Gasteiger partial charge in [0, 0.05) is 6.92 Å². The summed E-state index contributed by atoms with van der Waals surface area (Å²) in [5.41, 5.74) is -0.218. The molecule has 2 aromatic carbocycles. The lowest BCUT2D eigenvalue weighted by molar-refractivity contribution is -0.384. The minimum absolute atomic E-state index is 0.0233. The van der Waals surface area contributed by atoms with Crippen LogP contribution in [0.15, 0.2) is 36.4 Å². The molecule has 1 amide bonds. The third-order valence-corrected chi connectivity index (χ3v) is 4.23. The molecule has 0 aromatic heterocycles. The first-order valence-electron chi connectivity index (χ1n) is 8.09. The zero-order chi connectivity index (χ0) is 20.8. The van der Waals surface area contributed by atoms with E-state index in [0.29, 0.717) is 0 Å². The first kappa shape index (κ1) is 21.5. The molecule has 0 radical (unpaired) electrons. The molecule has 0 fully saturated rings. The number of para-hydroxylation sites is 2. The van der Waals surface area contributed by atoms with Gasteiger partial charge in [-0.1, -0.05) is 35.3 Å². The van der Waals surface area contributed by atoms with Gasteiger partial charge in [0.2, 0.25) is 5.91 Å². The van der Waals surface area contributed by atoms with Crippen molar-refractivity contribution < 1.29 is 24.0 Å². The van der Waals surface area contributed by atoms with Gasteiger partial charge in [-0.25, -0.2) is 0 Å². The lowest BCUT2D eigenvalue weighted by Crippen LogP contribution is -2.35. The number of amides is 1. The van der Waals surface area contributed by atoms with E-state index in [1.807, 2.05) is 0 Å². The van der Waals surface area contributed by atoms with E-state index < -0.39 is 22.5 Å². The molecule has 28 heavy (non-hydrogen) atoms. The van der Waals surface area contributed by atoms with Crippen molar-refractivity contribution >= 4 is 46.5 Å². The van der Waals surface area contributed by atoms with Crippen LogP contribution in [0.5, 0.6) is 11.5 Å². The number of nitro benzene ring substituents is 1. The van der Waals surface area contributed by atoms with E-state index in [2.05, 4.69) is 0 Å². The summed E-state index contributed by atoms with van der Waals surface area (Å²) in [5, 5.41) is 10.8. The van der Waals surface area contributed by atoms with Crippen LogP contribution in [0, 0.1) is 10.1 Å². The number of benzene rings is 2. The van der Waals surface area contributed by atoms with Crippen LogP contribution in [-0.4, -0.2) is 30.0 Å². The third-order valence-electron chi connectivity index (χ3n) is 3.56. The Labute approximate surface area is 170 Å². The maximum Gasteiger partial charge on any atom is 0.326 e. The van der Waals surface area contributed by atoms with Gasteiger partial charge < -0.3 is 9.47 Å². The van der Waals surface area contributed by atoms with Crippen molar-refractivity contribution in [2.24, 2.45) is 0 Å². The Bertz CT molecular complexity index is 919. The minimum atomic E-state index is -0.716. The number of carbonyl (C=O) groups excluding carboxylic acids is 2. The van der Waals surface area contributed by atoms with Crippen molar-refractivity contribution in [3.8, 4) is 11.5 Å². The number of halogens is 2. The van der Waals surface area contributed by atoms with Crippen molar-refractivity contribution in [1.29, 1.82) is 0 Å². The SMILES string of the molecule is CCOC(=O)CN(C(C)=O)c1ccccc1Oc1ccc(Cl)c([N+](=O)[O-])c1Cl. The summed E-state index contributed by atoms with van der Waals surface area (Å²) in [5.74, 6) is -0.865. The minimum Gasteiger partial charge on any atom is -0.465 e. The van der Waals surface area contributed by atoms with Crippen LogP contribution in [0.2, 0.25) is 10.0 Å². The summed E-state index contributed by atoms with van der Waals surface area (Å²) in [7, 11) is 0. The van der Waals surface area contributed by atoms with Crippen molar-refractivity contribution in [3.63, 3.8) is 0 Å². The number of hydrogen-bond acceptors (Lipinski definition) is 6. The number of hydrogen-bond donors (Lipinski definition) is 0. The van der Waals surface area contributed by atoms with Gasteiger partial charge in [0.15, 0.2) is 16.5 Å². The lowest BCUT2D eigenvalue weighted by Gasteiger charge is -2.23. The Morgan fingerprint density at radius 3 is 2.43 bits per heavy atom. The molecule has 148 valence electrons.